The van der Waals surface area contributed by atoms with Crippen LogP contribution in [0.1, 0.15) is 27.7 Å². The number of aromatic nitrogens is 4. The van der Waals surface area contributed by atoms with Crippen LogP contribution in [0, 0.1) is 0 Å². The molecule has 1 N–H and O–H groups in total. The summed E-state index contributed by atoms with van der Waals surface area (Å²) in [6, 6.07) is 7.67. The van der Waals surface area contributed by atoms with E-state index in [4.69, 9.17) is 0 Å². The Labute approximate surface area is 133 Å². The molecule has 3 rings (SSSR count). The predicted octanol–water partition coefficient (Wildman–Crippen LogP) is 1.39. The maximum absolute atomic E-state index is 12.6. The Hall–Kier alpha value is -2.57. The molecule has 122 valence electrons. The number of rotatable bonds is 3. The molecule has 0 fully saturated rings. The lowest BCUT2D eigenvalue weighted by atomic mass is 10.1. The number of hydrogen-bond acceptors (Lipinski definition) is 3. The van der Waals surface area contributed by atoms with Crippen LogP contribution in [-0.2, 0) is 17.9 Å². The molecule has 0 aliphatic carbocycles. The first-order chi connectivity index (χ1) is 10.8. The second-order valence-electron chi connectivity index (χ2n) is 6.61. The van der Waals surface area contributed by atoms with Crippen molar-refractivity contribution in [2.24, 2.45) is 0 Å². The van der Waals surface area contributed by atoms with Gasteiger partial charge in [0.2, 0.25) is 11.7 Å². The molecule has 7 heteroatoms. The fourth-order valence-electron chi connectivity index (χ4n) is 2.78. The summed E-state index contributed by atoms with van der Waals surface area (Å²) in [5, 5.41) is 7.20. The van der Waals surface area contributed by atoms with E-state index in [1.165, 1.54) is 4.68 Å². The van der Waals surface area contributed by atoms with Crippen LogP contribution < -0.4 is 11.0 Å². The lowest BCUT2D eigenvalue weighted by Crippen LogP contribution is -2.43. The second-order valence-corrected chi connectivity index (χ2v) is 6.61. The molecule has 23 heavy (non-hydrogen) atoms. The average molecular weight is 315 g/mol. The zero-order valence-corrected chi connectivity index (χ0v) is 13.8. The predicted molar refractivity (Wildman–Crippen MR) is 88.5 cm³/mol. The highest BCUT2D eigenvalue weighted by molar-refractivity contribution is 5.81. The lowest BCUT2D eigenvalue weighted by molar-refractivity contribution is -0.123. The van der Waals surface area contributed by atoms with Gasteiger partial charge in [-0.05, 0) is 39.8 Å². The van der Waals surface area contributed by atoms with Crippen molar-refractivity contribution in [2.45, 2.75) is 46.3 Å². The Morgan fingerprint density at radius 3 is 2.48 bits per heavy atom. The molecule has 7 nitrogen and oxygen atoms in total. The molecule has 0 spiro atoms. The molecule has 1 amide bonds. The van der Waals surface area contributed by atoms with Crippen LogP contribution >= 0.6 is 0 Å². The summed E-state index contributed by atoms with van der Waals surface area (Å²) < 4.78 is 4.74. The van der Waals surface area contributed by atoms with Gasteiger partial charge in [-0.2, -0.15) is 0 Å². The summed E-state index contributed by atoms with van der Waals surface area (Å²) in [5.41, 5.74) is 1.12. The van der Waals surface area contributed by atoms with Gasteiger partial charge in [0.25, 0.3) is 0 Å². The normalized spacial score (nSPS) is 12.2. The first-order valence-electron chi connectivity index (χ1n) is 7.69. The fraction of sp³-hybridized carbons (Fsp3) is 0.438. The van der Waals surface area contributed by atoms with E-state index in [1.807, 2.05) is 56.5 Å². The molecule has 2 aromatic heterocycles. The molecule has 0 radical (unpaired) electrons. The molecule has 0 saturated heterocycles. The number of benzene rings is 1. The average Bonchev–Trinajstić information content (AvgIpc) is 2.92. The molecule has 0 saturated carbocycles. The minimum absolute atomic E-state index is 0.0875. The number of carbonyl (C=O) groups is 1. The van der Waals surface area contributed by atoms with Gasteiger partial charge in [-0.25, -0.2) is 13.9 Å². The zero-order valence-electron chi connectivity index (χ0n) is 13.8. The van der Waals surface area contributed by atoms with E-state index in [0.29, 0.717) is 12.3 Å². The monoisotopic (exact) mass is 315 g/mol. The number of amides is 1. The fourth-order valence-corrected chi connectivity index (χ4v) is 2.78. The third-order valence-corrected chi connectivity index (χ3v) is 3.60. The third-order valence-electron chi connectivity index (χ3n) is 3.60. The number of aryl methyl sites for hydroxylation is 1. The van der Waals surface area contributed by atoms with Crippen LogP contribution in [-0.4, -0.2) is 30.2 Å². The van der Waals surface area contributed by atoms with Gasteiger partial charge in [0.15, 0.2) is 0 Å². The summed E-state index contributed by atoms with van der Waals surface area (Å²) >= 11 is 0. The van der Waals surface area contributed by atoms with Crippen molar-refractivity contribution in [1.82, 2.24) is 24.1 Å². The largest absolute Gasteiger partial charge is 0.352 e. The van der Waals surface area contributed by atoms with Crippen LogP contribution in [0.15, 0.2) is 29.1 Å². The molecule has 1 aromatic carbocycles. The van der Waals surface area contributed by atoms with Crippen molar-refractivity contribution in [2.75, 3.05) is 0 Å². The van der Waals surface area contributed by atoms with Gasteiger partial charge in [-0.1, -0.05) is 12.1 Å². The summed E-state index contributed by atoms with van der Waals surface area (Å²) in [6.07, 6.45) is 0. The molecule has 2 heterocycles. The zero-order chi connectivity index (χ0) is 16.8. The summed E-state index contributed by atoms with van der Waals surface area (Å²) in [6.45, 7) is 8.31. The van der Waals surface area contributed by atoms with E-state index in [1.54, 1.807) is 4.40 Å². The van der Waals surface area contributed by atoms with E-state index in [9.17, 15) is 9.59 Å². The van der Waals surface area contributed by atoms with Crippen molar-refractivity contribution < 1.29 is 4.79 Å². The molecule has 0 aliphatic rings. The summed E-state index contributed by atoms with van der Waals surface area (Å²) in [7, 11) is 0. The van der Waals surface area contributed by atoms with E-state index < -0.39 is 0 Å². The van der Waals surface area contributed by atoms with E-state index >= 15 is 0 Å². The van der Waals surface area contributed by atoms with Gasteiger partial charge >= 0.3 is 5.69 Å². The third kappa shape index (κ3) is 2.62. The molecule has 0 unspecified atom stereocenters. The Kier molecular flexibility index (Phi) is 3.50. The number of nitrogens with one attached hydrogen (secondary N) is 1. The number of carbonyl (C=O) groups excluding carboxylic acids is 1. The van der Waals surface area contributed by atoms with E-state index in [-0.39, 0.29) is 23.7 Å². The minimum Gasteiger partial charge on any atom is -0.350 e. The minimum atomic E-state index is -0.342. The Balaban J connectivity index is 2.09. The standard InChI is InChI=1S/C16H21N5O2/c1-5-19-11-8-6-7-9-12(11)21-14(19)18-20(15(21)23)10-13(22)17-16(2,3)4/h6-9H,5,10H2,1-4H3,(H,17,22). The van der Waals surface area contributed by atoms with Crippen molar-refractivity contribution in [3.8, 4) is 0 Å². The summed E-state index contributed by atoms with van der Waals surface area (Å²) in [5.74, 6) is 0.329. The first-order valence-corrected chi connectivity index (χ1v) is 7.69. The maximum Gasteiger partial charge on any atom is 0.352 e. The number of nitrogens with zero attached hydrogens (tertiary/aromatic N) is 4. The van der Waals surface area contributed by atoms with Crippen LogP contribution in [0.4, 0.5) is 0 Å². The lowest BCUT2D eigenvalue weighted by Gasteiger charge is -2.20. The van der Waals surface area contributed by atoms with Gasteiger partial charge in [-0.15, -0.1) is 5.10 Å². The van der Waals surface area contributed by atoms with Crippen molar-refractivity contribution in [1.29, 1.82) is 0 Å². The van der Waals surface area contributed by atoms with Crippen LogP contribution in [0.5, 0.6) is 0 Å². The van der Waals surface area contributed by atoms with E-state index in [2.05, 4.69) is 10.4 Å². The van der Waals surface area contributed by atoms with Gasteiger partial charge in [0.1, 0.15) is 6.54 Å². The molecular formula is C16H21N5O2. The number of fused-ring (bicyclic) bond motifs is 3. The Bertz CT molecular complexity index is 939. The second kappa shape index (κ2) is 5.26. The molecular weight excluding hydrogens is 294 g/mol. The first kappa shape index (κ1) is 15.3. The molecule has 0 bridgehead atoms. The van der Waals surface area contributed by atoms with Gasteiger partial charge < -0.3 is 9.88 Å². The van der Waals surface area contributed by atoms with Crippen LogP contribution in [0.2, 0.25) is 0 Å². The molecule has 3 aromatic rings. The Morgan fingerprint density at radius 2 is 1.87 bits per heavy atom. The van der Waals surface area contributed by atoms with Crippen molar-refractivity contribution in [3.05, 3.63) is 34.7 Å². The summed E-state index contributed by atoms with van der Waals surface area (Å²) in [4.78, 5) is 24.7. The molecule has 0 aliphatic heterocycles. The van der Waals surface area contributed by atoms with Gasteiger partial charge in [0.05, 0.1) is 11.0 Å². The van der Waals surface area contributed by atoms with E-state index in [0.717, 1.165) is 11.0 Å². The highest BCUT2D eigenvalue weighted by Crippen LogP contribution is 2.17. The topological polar surface area (TPSA) is 73.3 Å². The van der Waals surface area contributed by atoms with Crippen LogP contribution in [0.25, 0.3) is 16.8 Å². The highest BCUT2D eigenvalue weighted by Gasteiger charge is 2.19. The number of para-hydroxylation sites is 2. The number of imidazole rings is 1. The van der Waals surface area contributed by atoms with Crippen molar-refractivity contribution in [3.63, 3.8) is 0 Å². The number of hydrogen-bond donors (Lipinski definition) is 1. The van der Waals surface area contributed by atoms with Crippen LogP contribution in [0.3, 0.4) is 0 Å². The van der Waals surface area contributed by atoms with Gasteiger partial charge in [0, 0.05) is 12.1 Å². The highest BCUT2D eigenvalue weighted by atomic mass is 16.2. The molecule has 0 atom stereocenters. The van der Waals surface area contributed by atoms with Gasteiger partial charge in [-0.3, -0.25) is 4.79 Å². The SMILES string of the molecule is CCn1c2ccccc2n2c(=O)n(CC(=O)NC(C)(C)C)nc12. The smallest absolute Gasteiger partial charge is 0.350 e. The Morgan fingerprint density at radius 1 is 1.22 bits per heavy atom. The maximum atomic E-state index is 12.6. The van der Waals surface area contributed by atoms with Crippen molar-refractivity contribution >= 4 is 22.7 Å². The quantitative estimate of drug-likeness (QED) is 0.793.